The van der Waals surface area contributed by atoms with Gasteiger partial charge in [-0.05, 0) is 36.9 Å². The molecule has 2 atom stereocenters. The van der Waals surface area contributed by atoms with Crippen LogP contribution in [0.3, 0.4) is 0 Å². The van der Waals surface area contributed by atoms with Crippen molar-refractivity contribution in [2.45, 2.75) is 18.7 Å². The van der Waals surface area contributed by atoms with Gasteiger partial charge in [0.2, 0.25) is 5.91 Å². The third-order valence-corrected chi connectivity index (χ3v) is 5.68. The molecule has 2 aromatic rings. The molecule has 2 heterocycles. The molecular formula is C23H29N3O5. The Balaban J connectivity index is 1.29. The first-order chi connectivity index (χ1) is 15.0. The third kappa shape index (κ3) is 5.28. The summed E-state index contributed by atoms with van der Waals surface area (Å²) in [6.07, 6.45) is -0.509. The number of carbonyl (C=O) groups is 1. The topological polar surface area (TPSA) is 83.5 Å². The van der Waals surface area contributed by atoms with Crippen molar-refractivity contribution in [1.82, 2.24) is 9.80 Å². The number of nitrogens with zero attached hydrogens (tertiary/aromatic N) is 2. The Morgan fingerprint density at radius 2 is 1.90 bits per heavy atom. The molecule has 0 bridgehead atoms. The second kappa shape index (κ2) is 9.55. The van der Waals surface area contributed by atoms with Crippen molar-refractivity contribution in [2.24, 2.45) is 0 Å². The molecule has 4 rings (SSSR count). The van der Waals surface area contributed by atoms with Gasteiger partial charge in [0, 0.05) is 37.4 Å². The van der Waals surface area contributed by atoms with Gasteiger partial charge >= 0.3 is 0 Å². The van der Waals surface area contributed by atoms with Crippen LogP contribution in [-0.2, 0) is 11.3 Å². The third-order valence-electron chi connectivity index (χ3n) is 5.68. The first kappa shape index (κ1) is 21.4. The molecule has 8 nitrogen and oxygen atoms in total. The van der Waals surface area contributed by atoms with Crippen molar-refractivity contribution < 1.29 is 24.1 Å². The minimum atomic E-state index is -0.509. The predicted molar refractivity (Wildman–Crippen MR) is 117 cm³/mol. The number of β-amino-alcohol motifs (C(OH)–C–C–N with tert-alkyl or cyclic N) is 1. The van der Waals surface area contributed by atoms with Crippen molar-refractivity contribution in [3.63, 3.8) is 0 Å². The normalized spacial score (nSPS) is 20.6. The maximum Gasteiger partial charge on any atom is 0.238 e. The minimum Gasteiger partial charge on any atom is -0.497 e. The molecular weight excluding hydrogens is 398 g/mol. The van der Waals surface area contributed by atoms with E-state index in [0.29, 0.717) is 50.0 Å². The lowest BCUT2D eigenvalue weighted by Crippen LogP contribution is -2.40. The van der Waals surface area contributed by atoms with E-state index in [1.807, 2.05) is 36.2 Å². The van der Waals surface area contributed by atoms with Crippen LogP contribution in [-0.4, -0.2) is 80.0 Å². The number of likely N-dealkylation sites (N-methyl/N-ethyl adjacent to an activating group) is 1. The molecule has 0 spiro atoms. The van der Waals surface area contributed by atoms with Crippen LogP contribution < -0.4 is 19.5 Å². The second-order valence-corrected chi connectivity index (χ2v) is 8.00. The number of hydrogen-bond donors (Lipinski definition) is 2. The highest BCUT2D eigenvalue weighted by atomic mass is 16.6. The second-order valence-electron chi connectivity index (χ2n) is 8.00. The molecule has 1 amide bonds. The highest BCUT2D eigenvalue weighted by Crippen LogP contribution is 2.32. The van der Waals surface area contributed by atoms with E-state index in [1.165, 1.54) is 0 Å². The van der Waals surface area contributed by atoms with Gasteiger partial charge in [-0.1, -0.05) is 12.1 Å². The molecule has 0 saturated carbocycles. The van der Waals surface area contributed by atoms with Crippen molar-refractivity contribution in [3.05, 3.63) is 48.0 Å². The predicted octanol–water partition coefficient (Wildman–Crippen LogP) is 1.58. The molecule has 166 valence electrons. The number of aliphatic hydroxyl groups is 1. The Morgan fingerprint density at radius 3 is 2.65 bits per heavy atom. The molecule has 8 heteroatoms. The summed E-state index contributed by atoms with van der Waals surface area (Å²) in [4.78, 5) is 16.6. The van der Waals surface area contributed by atoms with Crippen LogP contribution in [0.1, 0.15) is 5.56 Å². The van der Waals surface area contributed by atoms with Gasteiger partial charge in [0.1, 0.15) is 19.0 Å². The summed E-state index contributed by atoms with van der Waals surface area (Å²) in [7, 11) is 3.64. The number of carbonyl (C=O) groups excluding carboxylic acids is 1. The molecule has 2 aromatic carbocycles. The maximum atomic E-state index is 12.5. The van der Waals surface area contributed by atoms with Gasteiger partial charge < -0.3 is 24.6 Å². The molecule has 0 radical (unpaired) electrons. The Hall–Kier alpha value is -2.81. The van der Waals surface area contributed by atoms with Crippen LogP contribution in [0.4, 0.5) is 5.69 Å². The summed E-state index contributed by atoms with van der Waals surface area (Å²) in [6, 6.07) is 13.3. The van der Waals surface area contributed by atoms with Crippen LogP contribution in [0.25, 0.3) is 0 Å². The fourth-order valence-corrected chi connectivity index (χ4v) is 4.07. The number of ether oxygens (including phenoxy) is 3. The summed E-state index contributed by atoms with van der Waals surface area (Å²) in [6.45, 7) is 3.06. The van der Waals surface area contributed by atoms with Crippen molar-refractivity contribution >= 4 is 11.6 Å². The van der Waals surface area contributed by atoms with Crippen LogP contribution in [0.2, 0.25) is 0 Å². The summed E-state index contributed by atoms with van der Waals surface area (Å²) in [5, 5.41) is 13.5. The summed E-state index contributed by atoms with van der Waals surface area (Å²) < 4.78 is 16.3. The zero-order chi connectivity index (χ0) is 21.8. The smallest absolute Gasteiger partial charge is 0.238 e. The SMILES string of the molecule is COc1ccc(CN(C)[C@H]2CN(CC(=O)Nc3ccc4c(c3)OCCO4)C[C@@H]2O)cc1. The number of likely N-dealkylation sites (tertiary alicyclic amines) is 1. The lowest BCUT2D eigenvalue weighted by Gasteiger charge is -2.26. The number of amides is 1. The van der Waals surface area contributed by atoms with E-state index < -0.39 is 6.10 Å². The number of hydrogen-bond acceptors (Lipinski definition) is 7. The Morgan fingerprint density at radius 1 is 1.16 bits per heavy atom. The zero-order valence-electron chi connectivity index (χ0n) is 17.9. The van der Waals surface area contributed by atoms with Gasteiger partial charge in [0.05, 0.1) is 19.8 Å². The zero-order valence-corrected chi connectivity index (χ0v) is 17.9. The number of benzene rings is 2. The van der Waals surface area contributed by atoms with E-state index in [2.05, 4.69) is 10.2 Å². The monoisotopic (exact) mass is 427 g/mol. The van der Waals surface area contributed by atoms with E-state index in [0.717, 1.165) is 11.3 Å². The molecule has 2 aliphatic rings. The van der Waals surface area contributed by atoms with Crippen LogP contribution in [0.5, 0.6) is 17.2 Å². The molecule has 0 aromatic heterocycles. The molecule has 31 heavy (non-hydrogen) atoms. The highest BCUT2D eigenvalue weighted by Gasteiger charge is 2.34. The largest absolute Gasteiger partial charge is 0.497 e. The van der Waals surface area contributed by atoms with Crippen LogP contribution in [0.15, 0.2) is 42.5 Å². The summed E-state index contributed by atoms with van der Waals surface area (Å²) in [5.41, 5.74) is 1.81. The molecule has 0 aliphatic carbocycles. The number of methoxy groups -OCH3 is 1. The summed E-state index contributed by atoms with van der Waals surface area (Å²) >= 11 is 0. The lowest BCUT2D eigenvalue weighted by atomic mass is 10.1. The van der Waals surface area contributed by atoms with E-state index in [9.17, 15) is 9.90 Å². The van der Waals surface area contributed by atoms with E-state index in [-0.39, 0.29) is 18.5 Å². The van der Waals surface area contributed by atoms with E-state index in [4.69, 9.17) is 14.2 Å². The fourth-order valence-electron chi connectivity index (χ4n) is 4.07. The van der Waals surface area contributed by atoms with Gasteiger partial charge in [0.25, 0.3) is 0 Å². The van der Waals surface area contributed by atoms with E-state index >= 15 is 0 Å². The number of anilines is 1. The Kier molecular flexibility index (Phi) is 6.60. The molecule has 1 saturated heterocycles. The Labute approximate surface area is 182 Å². The number of fused-ring (bicyclic) bond motifs is 1. The van der Waals surface area contributed by atoms with E-state index in [1.54, 1.807) is 25.3 Å². The van der Waals surface area contributed by atoms with Gasteiger partial charge in [0.15, 0.2) is 11.5 Å². The average molecular weight is 428 g/mol. The average Bonchev–Trinajstić information content (AvgIpc) is 3.14. The van der Waals surface area contributed by atoms with Gasteiger partial charge in [-0.15, -0.1) is 0 Å². The number of rotatable bonds is 7. The molecule has 0 unspecified atom stereocenters. The van der Waals surface area contributed by atoms with Crippen molar-refractivity contribution in [1.29, 1.82) is 0 Å². The van der Waals surface area contributed by atoms with Crippen molar-refractivity contribution in [3.8, 4) is 17.2 Å². The van der Waals surface area contributed by atoms with Gasteiger partial charge in [-0.25, -0.2) is 0 Å². The standard InChI is InChI=1S/C23H29N3O5/c1-25(12-16-3-6-18(29-2)7-4-16)19-13-26(14-20(19)27)15-23(28)24-17-5-8-21-22(11-17)31-10-9-30-21/h3-8,11,19-20,27H,9-10,12-15H2,1-2H3,(H,24,28)/t19-,20-/m0/s1. The lowest BCUT2D eigenvalue weighted by molar-refractivity contribution is -0.117. The molecule has 1 fully saturated rings. The summed E-state index contributed by atoms with van der Waals surface area (Å²) in [5.74, 6) is 2.03. The minimum absolute atomic E-state index is 0.0378. The Bertz CT molecular complexity index is 905. The van der Waals surface area contributed by atoms with Crippen molar-refractivity contribution in [2.75, 3.05) is 52.3 Å². The first-order valence-electron chi connectivity index (χ1n) is 10.4. The highest BCUT2D eigenvalue weighted by molar-refractivity contribution is 5.92. The fraction of sp³-hybridized carbons (Fsp3) is 0.435. The van der Waals surface area contributed by atoms with Crippen LogP contribution in [0, 0.1) is 0 Å². The van der Waals surface area contributed by atoms with Crippen LogP contribution >= 0.6 is 0 Å². The molecule has 2 N–H and O–H groups in total. The number of nitrogens with one attached hydrogen (secondary N) is 1. The maximum absolute atomic E-state index is 12.5. The molecule has 2 aliphatic heterocycles. The van der Waals surface area contributed by atoms with Gasteiger partial charge in [-0.2, -0.15) is 0 Å². The quantitative estimate of drug-likeness (QED) is 0.694. The van der Waals surface area contributed by atoms with Gasteiger partial charge in [-0.3, -0.25) is 14.6 Å². The number of aliphatic hydroxyl groups excluding tert-OH is 1. The first-order valence-corrected chi connectivity index (χ1v) is 10.4.